The van der Waals surface area contributed by atoms with Crippen molar-refractivity contribution in [3.05, 3.63) is 23.7 Å². The Morgan fingerprint density at radius 3 is 2.76 bits per heavy atom. The van der Waals surface area contributed by atoms with Crippen molar-refractivity contribution in [2.45, 2.75) is 6.54 Å². The molecule has 96 valence electrons. The number of methoxy groups -OCH3 is 1. The van der Waals surface area contributed by atoms with Gasteiger partial charge in [-0.1, -0.05) is 0 Å². The Hall–Kier alpha value is -1.38. The average Bonchev–Trinajstić information content (AvgIpc) is 2.73. The maximum Gasteiger partial charge on any atom is 0.371 e. The van der Waals surface area contributed by atoms with Crippen molar-refractivity contribution < 1.29 is 27.5 Å². The Labute approximate surface area is 98.4 Å². The molecule has 0 spiro atoms. The predicted molar refractivity (Wildman–Crippen MR) is 58.2 cm³/mol. The second-order valence-corrected chi connectivity index (χ2v) is 5.13. The SMILES string of the molecule is COCCS(=O)(=O)NCc1ccc(C(=O)O)o1. The summed E-state index contributed by atoms with van der Waals surface area (Å²) in [5.74, 6) is -1.34. The van der Waals surface area contributed by atoms with Gasteiger partial charge in [-0.25, -0.2) is 17.9 Å². The highest BCUT2D eigenvalue weighted by Gasteiger charge is 2.13. The molecule has 0 aliphatic heterocycles. The van der Waals surface area contributed by atoms with Crippen LogP contribution in [0.4, 0.5) is 0 Å². The highest BCUT2D eigenvalue weighted by atomic mass is 32.2. The Bertz CT molecular complexity index is 477. The number of rotatable bonds is 7. The predicted octanol–water partition coefficient (Wildman–Crippen LogP) is 0.0436. The summed E-state index contributed by atoms with van der Waals surface area (Å²) in [6, 6.07) is 2.67. The van der Waals surface area contributed by atoms with Crippen LogP contribution in [0.3, 0.4) is 0 Å². The first-order valence-electron chi connectivity index (χ1n) is 4.73. The summed E-state index contributed by atoms with van der Waals surface area (Å²) in [6.45, 7) is 0.00713. The van der Waals surface area contributed by atoms with Crippen molar-refractivity contribution >= 4 is 16.0 Å². The Kier molecular flexibility index (Phi) is 4.67. The first-order chi connectivity index (χ1) is 7.94. The van der Waals surface area contributed by atoms with Gasteiger partial charge in [-0.05, 0) is 12.1 Å². The molecule has 7 nitrogen and oxygen atoms in total. The molecule has 0 aliphatic carbocycles. The van der Waals surface area contributed by atoms with Crippen molar-refractivity contribution in [1.82, 2.24) is 4.72 Å². The van der Waals surface area contributed by atoms with Gasteiger partial charge in [0.05, 0.1) is 18.9 Å². The molecule has 0 aliphatic rings. The van der Waals surface area contributed by atoms with Crippen molar-refractivity contribution in [1.29, 1.82) is 0 Å². The molecule has 8 heteroatoms. The van der Waals surface area contributed by atoms with E-state index in [1.54, 1.807) is 0 Å². The van der Waals surface area contributed by atoms with E-state index in [4.69, 9.17) is 9.52 Å². The number of carbonyl (C=O) groups is 1. The van der Waals surface area contributed by atoms with Crippen molar-refractivity contribution in [2.75, 3.05) is 19.5 Å². The molecule has 0 fully saturated rings. The van der Waals surface area contributed by atoms with Crippen molar-refractivity contribution in [2.24, 2.45) is 0 Å². The minimum absolute atomic E-state index is 0.0840. The van der Waals surface area contributed by atoms with E-state index < -0.39 is 16.0 Å². The first-order valence-corrected chi connectivity index (χ1v) is 6.38. The number of furan rings is 1. The fourth-order valence-electron chi connectivity index (χ4n) is 1.03. The van der Waals surface area contributed by atoms with Crippen LogP contribution in [0.1, 0.15) is 16.3 Å². The van der Waals surface area contributed by atoms with E-state index in [0.29, 0.717) is 0 Å². The maximum atomic E-state index is 11.4. The highest BCUT2D eigenvalue weighted by Crippen LogP contribution is 2.07. The molecule has 0 unspecified atom stereocenters. The van der Waals surface area contributed by atoms with Crippen LogP contribution in [0.5, 0.6) is 0 Å². The molecular weight excluding hydrogens is 250 g/mol. The van der Waals surface area contributed by atoms with Crippen LogP contribution in [-0.4, -0.2) is 39.0 Å². The zero-order chi connectivity index (χ0) is 12.9. The molecule has 0 bridgehead atoms. The van der Waals surface area contributed by atoms with Crippen LogP contribution < -0.4 is 4.72 Å². The quantitative estimate of drug-likeness (QED) is 0.719. The topological polar surface area (TPSA) is 106 Å². The average molecular weight is 263 g/mol. The van der Waals surface area contributed by atoms with Gasteiger partial charge in [-0.15, -0.1) is 0 Å². The van der Waals surface area contributed by atoms with E-state index in [0.717, 1.165) is 0 Å². The molecule has 0 radical (unpaired) electrons. The van der Waals surface area contributed by atoms with Crippen LogP contribution in [-0.2, 0) is 21.3 Å². The molecule has 0 amide bonds. The number of nitrogens with one attached hydrogen (secondary N) is 1. The van der Waals surface area contributed by atoms with Gasteiger partial charge in [0.2, 0.25) is 15.8 Å². The molecule has 0 saturated heterocycles. The molecule has 0 saturated carbocycles. The Morgan fingerprint density at radius 1 is 1.53 bits per heavy atom. The first kappa shape index (κ1) is 13.7. The van der Waals surface area contributed by atoms with E-state index >= 15 is 0 Å². The summed E-state index contributed by atoms with van der Waals surface area (Å²) < 4.78 is 34.5. The smallest absolute Gasteiger partial charge is 0.371 e. The van der Waals surface area contributed by atoms with Crippen molar-refractivity contribution in [3.63, 3.8) is 0 Å². The van der Waals surface area contributed by atoms with Gasteiger partial charge in [-0.2, -0.15) is 0 Å². The summed E-state index contributed by atoms with van der Waals surface area (Å²) in [6.07, 6.45) is 0. The number of hydrogen-bond donors (Lipinski definition) is 2. The lowest BCUT2D eigenvalue weighted by atomic mass is 10.4. The fourth-order valence-corrected chi connectivity index (χ4v) is 1.93. The summed E-state index contributed by atoms with van der Waals surface area (Å²) >= 11 is 0. The van der Waals surface area contributed by atoms with Gasteiger partial charge >= 0.3 is 5.97 Å². The van der Waals surface area contributed by atoms with Gasteiger partial charge in [0.1, 0.15) is 5.76 Å². The van der Waals surface area contributed by atoms with E-state index in [1.165, 1.54) is 19.2 Å². The van der Waals surface area contributed by atoms with Crippen LogP contribution in [0.25, 0.3) is 0 Å². The standard InChI is InChI=1S/C9H13NO6S/c1-15-4-5-17(13,14)10-6-7-2-3-8(16-7)9(11)12/h2-3,10H,4-6H2,1H3,(H,11,12). The minimum atomic E-state index is -3.44. The van der Waals surface area contributed by atoms with E-state index in [-0.39, 0.29) is 30.4 Å². The zero-order valence-electron chi connectivity index (χ0n) is 9.17. The van der Waals surface area contributed by atoms with Crippen LogP contribution in [0.2, 0.25) is 0 Å². The Morgan fingerprint density at radius 2 is 2.24 bits per heavy atom. The van der Waals surface area contributed by atoms with Gasteiger partial charge in [-0.3, -0.25) is 0 Å². The summed E-state index contributed by atoms with van der Waals surface area (Å²) in [5, 5.41) is 8.59. The molecule has 1 aromatic rings. The molecule has 17 heavy (non-hydrogen) atoms. The maximum absolute atomic E-state index is 11.4. The molecule has 0 atom stereocenters. The summed E-state index contributed by atoms with van der Waals surface area (Å²) in [4.78, 5) is 10.5. The van der Waals surface area contributed by atoms with Gasteiger partial charge < -0.3 is 14.3 Å². The van der Waals surface area contributed by atoms with E-state index in [1.807, 2.05) is 0 Å². The lowest BCUT2D eigenvalue weighted by Gasteiger charge is -2.03. The lowest BCUT2D eigenvalue weighted by Crippen LogP contribution is -2.27. The number of aromatic carboxylic acids is 1. The number of carboxylic acids is 1. The Balaban J connectivity index is 2.52. The molecule has 2 N–H and O–H groups in total. The second kappa shape index (κ2) is 5.80. The van der Waals surface area contributed by atoms with Crippen LogP contribution >= 0.6 is 0 Å². The third-order valence-electron chi connectivity index (χ3n) is 1.89. The lowest BCUT2D eigenvalue weighted by molar-refractivity contribution is 0.0660. The molecule has 1 heterocycles. The molecule has 1 rings (SSSR count). The van der Waals surface area contributed by atoms with Crippen LogP contribution in [0, 0.1) is 0 Å². The van der Waals surface area contributed by atoms with Gasteiger partial charge in [0, 0.05) is 7.11 Å². The second-order valence-electron chi connectivity index (χ2n) is 3.20. The molecule has 1 aromatic heterocycles. The summed E-state index contributed by atoms with van der Waals surface area (Å²) in [5.41, 5.74) is 0. The largest absolute Gasteiger partial charge is 0.475 e. The molecular formula is C9H13NO6S. The van der Waals surface area contributed by atoms with E-state index in [9.17, 15) is 13.2 Å². The summed E-state index contributed by atoms with van der Waals surface area (Å²) in [7, 11) is -2.03. The number of carboxylic acid groups (broad SMARTS) is 1. The molecule has 0 aromatic carbocycles. The van der Waals surface area contributed by atoms with Crippen LogP contribution in [0.15, 0.2) is 16.5 Å². The van der Waals surface area contributed by atoms with Gasteiger partial charge in [0.25, 0.3) is 0 Å². The highest BCUT2D eigenvalue weighted by molar-refractivity contribution is 7.89. The number of ether oxygens (including phenoxy) is 1. The van der Waals surface area contributed by atoms with Crippen molar-refractivity contribution in [3.8, 4) is 0 Å². The number of hydrogen-bond acceptors (Lipinski definition) is 5. The number of sulfonamides is 1. The zero-order valence-corrected chi connectivity index (χ0v) is 9.99. The fraction of sp³-hybridized carbons (Fsp3) is 0.444. The normalized spacial score (nSPS) is 11.6. The van der Waals surface area contributed by atoms with Gasteiger partial charge in [0.15, 0.2) is 0 Å². The monoisotopic (exact) mass is 263 g/mol. The van der Waals surface area contributed by atoms with E-state index in [2.05, 4.69) is 9.46 Å². The third kappa shape index (κ3) is 4.55. The third-order valence-corrected chi connectivity index (χ3v) is 3.18. The minimum Gasteiger partial charge on any atom is -0.475 e.